The van der Waals surface area contributed by atoms with Crippen molar-refractivity contribution < 1.29 is 4.79 Å². The molecule has 0 amide bonds. The zero-order chi connectivity index (χ0) is 8.15. The molecule has 3 nitrogen and oxygen atoms in total. The highest BCUT2D eigenvalue weighted by Crippen LogP contribution is 1.98. The van der Waals surface area contributed by atoms with Crippen LogP contribution >= 0.6 is 0 Å². The maximum Gasteiger partial charge on any atom is 0.176 e. The van der Waals surface area contributed by atoms with Crippen LogP contribution in [0.2, 0.25) is 0 Å². The van der Waals surface area contributed by atoms with Gasteiger partial charge in [-0.1, -0.05) is 19.9 Å². The summed E-state index contributed by atoms with van der Waals surface area (Å²) >= 11 is 0. The third-order valence-electron chi connectivity index (χ3n) is 1.03. The molecule has 0 rings (SSSR count). The van der Waals surface area contributed by atoms with E-state index in [1.54, 1.807) is 6.08 Å². The van der Waals surface area contributed by atoms with Crippen LogP contribution in [0.4, 0.5) is 0 Å². The van der Waals surface area contributed by atoms with E-state index in [1.165, 1.54) is 6.92 Å². The van der Waals surface area contributed by atoms with Crippen LogP contribution in [0.5, 0.6) is 0 Å². The first kappa shape index (κ1) is 9.17. The number of hydrogen-bond donors (Lipinski definition) is 2. The minimum Gasteiger partial charge on any atom is -0.321 e. The van der Waals surface area contributed by atoms with Gasteiger partial charge in [0, 0.05) is 6.92 Å². The molecule has 0 aromatic carbocycles. The molecule has 0 saturated heterocycles. The molecule has 0 spiro atoms. The number of hydrazine groups is 1. The molecule has 58 valence electrons. The topological polar surface area (TPSA) is 55.1 Å². The molecule has 0 atom stereocenters. The largest absolute Gasteiger partial charge is 0.321 e. The number of nitrogens with one attached hydrogen (secondary N) is 1. The van der Waals surface area contributed by atoms with Gasteiger partial charge in [0.1, 0.15) is 0 Å². The van der Waals surface area contributed by atoms with Crippen LogP contribution in [-0.2, 0) is 4.79 Å². The Balaban J connectivity index is 4.19. The number of allylic oxidation sites excluding steroid dienone is 2. The molecule has 0 heterocycles. The van der Waals surface area contributed by atoms with Crippen molar-refractivity contribution in [2.45, 2.75) is 20.8 Å². The first-order valence-electron chi connectivity index (χ1n) is 3.27. The van der Waals surface area contributed by atoms with E-state index in [1.807, 2.05) is 13.8 Å². The molecular weight excluding hydrogens is 128 g/mol. The fraction of sp³-hybridized carbons (Fsp3) is 0.571. The Labute approximate surface area is 61.3 Å². The fourth-order valence-corrected chi connectivity index (χ4v) is 0.600. The third-order valence-corrected chi connectivity index (χ3v) is 1.03. The monoisotopic (exact) mass is 142 g/mol. The predicted octanol–water partition coefficient (Wildman–Crippen LogP) is 0.579. The summed E-state index contributed by atoms with van der Waals surface area (Å²) in [6.45, 7) is 5.45. The lowest BCUT2D eigenvalue weighted by Gasteiger charge is -2.02. The van der Waals surface area contributed by atoms with Crippen molar-refractivity contribution >= 4 is 5.78 Å². The van der Waals surface area contributed by atoms with E-state index in [0.717, 1.165) is 0 Å². The van der Waals surface area contributed by atoms with E-state index in [2.05, 4.69) is 5.43 Å². The molecule has 0 radical (unpaired) electrons. The fourth-order valence-electron chi connectivity index (χ4n) is 0.600. The maximum absolute atomic E-state index is 10.7. The van der Waals surface area contributed by atoms with E-state index < -0.39 is 0 Å². The first-order chi connectivity index (χ1) is 4.57. The van der Waals surface area contributed by atoms with E-state index >= 15 is 0 Å². The first-order valence-corrected chi connectivity index (χ1v) is 3.27. The lowest BCUT2D eigenvalue weighted by molar-refractivity contribution is -0.114. The SMILES string of the molecule is CC(=O)/C(=C/C(C)C)NN. The van der Waals surface area contributed by atoms with Gasteiger partial charge in [-0.25, -0.2) is 0 Å². The van der Waals surface area contributed by atoms with Crippen LogP contribution in [0.25, 0.3) is 0 Å². The summed E-state index contributed by atoms with van der Waals surface area (Å²) in [6.07, 6.45) is 1.79. The molecule has 0 fully saturated rings. The quantitative estimate of drug-likeness (QED) is 0.344. The zero-order valence-electron chi connectivity index (χ0n) is 6.64. The number of carbonyl (C=O) groups excluding carboxylic acids is 1. The second-order valence-corrected chi connectivity index (χ2v) is 2.52. The Hall–Kier alpha value is -0.830. The Kier molecular flexibility index (Phi) is 3.72. The maximum atomic E-state index is 10.7. The molecular formula is C7H14N2O. The average molecular weight is 142 g/mol. The summed E-state index contributed by atoms with van der Waals surface area (Å²) in [6, 6.07) is 0. The van der Waals surface area contributed by atoms with Crippen LogP contribution in [-0.4, -0.2) is 5.78 Å². The second kappa shape index (κ2) is 4.06. The second-order valence-electron chi connectivity index (χ2n) is 2.52. The Morgan fingerprint density at radius 3 is 2.20 bits per heavy atom. The molecule has 3 N–H and O–H groups in total. The number of Topliss-reactive ketones (excluding diaryl/α,β-unsaturated/α-hetero) is 1. The number of rotatable bonds is 3. The number of hydrogen-bond acceptors (Lipinski definition) is 3. The summed E-state index contributed by atoms with van der Waals surface area (Å²) in [5.41, 5.74) is 2.83. The third kappa shape index (κ3) is 3.25. The smallest absolute Gasteiger partial charge is 0.176 e. The molecule has 0 aromatic heterocycles. The van der Waals surface area contributed by atoms with Gasteiger partial charge in [0.05, 0.1) is 5.70 Å². The van der Waals surface area contributed by atoms with E-state index in [-0.39, 0.29) is 5.78 Å². The van der Waals surface area contributed by atoms with Gasteiger partial charge in [0.25, 0.3) is 0 Å². The van der Waals surface area contributed by atoms with Gasteiger partial charge in [-0.15, -0.1) is 0 Å². The van der Waals surface area contributed by atoms with Gasteiger partial charge in [-0.05, 0) is 5.92 Å². The van der Waals surface area contributed by atoms with Gasteiger partial charge < -0.3 is 5.43 Å². The average Bonchev–Trinajstić information content (AvgIpc) is 1.81. The highest BCUT2D eigenvalue weighted by Gasteiger charge is 2.00. The minimum absolute atomic E-state index is 0.0313. The predicted molar refractivity (Wildman–Crippen MR) is 40.9 cm³/mol. The molecule has 0 saturated carbocycles. The van der Waals surface area contributed by atoms with Crippen molar-refractivity contribution in [1.29, 1.82) is 0 Å². The molecule has 0 aliphatic heterocycles. The van der Waals surface area contributed by atoms with Crippen molar-refractivity contribution in [2.24, 2.45) is 11.8 Å². The van der Waals surface area contributed by atoms with Crippen molar-refractivity contribution in [1.82, 2.24) is 5.43 Å². The highest BCUT2D eigenvalue weighted by molar-refractivity contribution is 5.92. The summed E-state index contributed by atoms with van der Waals surface area (Å²) in [5, 5.41) is 0. The molecule has 0 aromatic rings. The van der Waals surface area contributed by atoms with Gasteiger partial charge in [-0.3, -0.25) is 10.6 Å². The van der Waals surface area contributed by atoms with E-state index in [0.29, 0.717) is 11.6 Å². The van der Waals surface area contributed by atoms with Crippen LogP contribution < -0.4 is 11.3 Å². The van der Waals surface area contributed by atoms with Gasteiger partial charge in [0.15, 0.2) is 5.78 Å². The normalized spacial score (nSPS) is 11.9. The molecule has 0 aliphatic carbocycles. The van der Waals surface area contributed by atoms with Crippen LogP contribution in [0.15, 0.2) is 11.8 Å². The van der Waals surface area contributed by atoms with E-state index in [9.17, 15) is 4.79 Å². The van der Waals surface area contributed by atoms with Crippen molar-refractivity contribution in [3.8, 4) is 0 Å². The molecule has 10 heavy (non-hydrogen) atoms. The van der Waals surface area contributed by atoms with Crippen molar-refractivity contribution in [3.63, 3.8) is 0 Å². The summed E-state index contributed by atoms with van der Waals surface area (Å²) in [7, 11) is 0. The highest BCUT2D eigenvalue weighted by atomic mass is 16.1. The number of ketones is 1. The standard InChI is InChI=1S/C7H14N2O/c1-5(2)4-7(9-8)6(3)10/h4-5,9H,8H2,1-3H3/b7-4-. The van der Waals surface area contributed by atoms with Crippen LogP contribution in [0.3, 0.4) is 0 Å². The van der Waals surface area contributed by atoms with Gasteiger partial charge in [0.2, 0.25) is 0 Å². The van der Waals surface area contributed by atoms with Crippen LogP contribution in [0.1, 0.15) is 20.8 Å². The summed E-state index contributed by atoms with van der Waals surface area (Å²) in [4.78, 5) is 10.7. The summed E-state index contributed by atoms with van der Waals surface area (Å²) in [5.74, 6) is 5.39. The van der Waals surface area contributed by atoms with Crippen molar-refractivity contribution in [3.05, 3.63) is 11.8 Å². The number of nitrogens with two attached hydrogens (primary N) is 1. The molecule has 0 bridgehead atoms. The van der Waals surface area contributed by atoms with Gasteiger partial charge in [-0.2, -0.15) is 0 Å². The zero-order valence-corrected chi connectivity index (χ0v) is 6.64. The Bertz CT molecular complexity index is 150. The molecule has 0 aliphatic rings. The Morgan fingerprint density at radius 1 is 1.60 bits per heavy atom. The van der Waals surface area contributed by atoms with Crippen molar-refractivity contribution in [2.75, 3.05) is 0 Å². The lowest BCUT2D eigenvalue weighted by Crippen LogP contribution is -2.25. The van der Waals surface area contributed by atoms with Gasteiger partial charge >= 0.3 is 0 Å². The number of carbonyl (C=O) groups is 1. The molecule has 0 unspecified atom stereocenters. The Morgan fingerprint density at radius 2 is 2.10 bits per heavy atom. The minimum atomic E-state index is -0.0313. The molecule has 3 heteroatoms. The summed E-state index contributed by atoms with van der Waals surface area (Å²) < 4.78 is 0. The lowest BCUT2D eigenvalue weighted by atomic mass is 10.1. The van der Waals surface area contributed by atoms with E-state index in [4.69, 9.17) is 5.84 Å². The van der Waals surface area contributed by atoms with Crippen LogP contribution in [0, 0.1) is 5.92 Å².